The zero-order valence-corrected chi connectivity index (χ0v) is 15.8. The molecule has 144 valence electrons. The van der Waals surface area contributed by atoms with Crippen LogP contribution in [-0.2, 0) is 0 Å². The predicted molar refractivity (Wildman–Crippen MR) is 107 cm³/mol. The molecule has 8 nitrogen and oxygen atoms in total. The summed E-state index contributed by atoms with van der Waals surface area (Å²) in [5, 5.41) is 12.5. The van der Waals surface area contributed by atoms with Gasteiger partial charge in [-0.15, -0.1) is 0 Å². The van der Waals surface area contributed by atoms with Gasteiger partial charge in [-0.3, -0.25) is 4.57 Å². The maximum absolute atomic E-state index is 14.3. The molecule has 0 amide bonds. The lowest BCUT2D eigenvalue weighted by Crippen LogP contribution is -2.16. The number of nitriles is 1. The fourth-order valence-electron chi connectivity index (χ4n) is 3.22. The lowest BCUT2D eigenvalue weighted by Gasteiger charge is -2.17. The Balaban J connectivity index is 1.89. The summed E-state index contributed by atoms with van der Waals surface area (Å²) in [7, 11) is 0. The first-order chi connectivity index (χ1) is 14.0. The summed E-state index contributed by atoms with van der Waals surface area (Å²) in [6.07, 6.45) is 2.95. The quantitative estimate of drug-likeness (QED) is 0.551. The summed E-state index contributed by atoms with van der Waals surface area (Å²) in [5.41, 5.74) is 7.68. The van der Waals surface area contributed by atoms with Gasteiger partial charge in [0.15, 0.2) is 0 Å². The molecule has 29 heavy (non-hydrogen) atoms. The van der Waals surface area contributed by atoms with Crippen molar-refractivity contribution < 1.29 is 4.39 Å². The number of nitrogens with two attached hydrogens (primary N) is 1. The number of nitrogens with zero attached hydrogens (tertiary/aromatic N) is 6. The molecule has 0 saturated carbocycles. The molecule has 1 atom stereocenters. The number of nitrogens with one attached hydrogen (secondary N) is 1. The van der Waals surface area contributed by atoms with Crippen LogP contribution in [-0.4, -0.2) is 24.5 Å². The van der Waals surface area contributed by atoms with E-state index < -0.39 is 6.04 Å². The third-order valence-corrected chi connectivity index (χ3v) is 4.64. The molecular formula is C20H17FN8. The molecule has 0 aliphatic rings. The maximum Gasteiger partial charge on any atom is 0.150 e. The molecule has 1 aromatic carbocycles. The molecule has 3 N–H and O–H groups in total. The Kier molecular flexibility index (Phi) is 4.52. The van der Waals surface area contributed by atoms with E-state index in [0.29, 0.717) is 34.1 Å². The molecule has 3 heterocycles. The molecule has 0 saturated heterocycles. The van der Waals surface area contributed by atoms with E-state index in [1.165, 1.54) is 12.4 Å². The van der Waals surface area contributed by atoms with Crippen molar-refractivity contribution in [1.82, 2.24) is 24.5 Å². The van der Waals surface area contributed by atoms with Gasteiger partial charge in [-0.1, -0.05) is 6.07 Å². The van der Waals surface area contributed by atoms with E-state index in [-0.39, 0.29) is 17.2 Å². The zero-order chi connectivity index (χ0) is 20.5. The minimum absolute atomic E-state index is 0.0911. The third kappa shape index (κ3) is 3.10. The van der Waals surface area contributed by atoms with E-state index in [9.17, 15) is 9.65 Å². The standard InChI is InChI=1S/C20H17FN8/c1-11-14(21)6-7-15-17(11)29(16-5-3-4-8-24-16)20(28-15)12(2)27-19-13(9-22)18(23)25-10-26-19/h3-8,10,12H,1-2H3,(H3,23,25,26,27)/t12-/m0/s1. The van der Waals surface area contributed by atoms with E-state index in [1.807, 2.05) is 29.7 Å². The lowest BCUT2D eigenvalue weighted by atomic mass is 10.2. The highest BCUT2D eigenvalue weighted by Gasteiger charge is 2.22. The average Bonchev–Trinajstić information content (AvgIpc) is 3.12. The second-order valence-corrected chi connectivity index (χ2v) is 6.49. The van der Waals surface area contributed by atoms with Crippen LogP contribution < -0.4 is 11.1 Å². The van der Waals surface area contributed by atoms with Crippen LogP contribution >= 0.6 is 0 Å². The molecular weight excluding hydrogens is 371 g/mol. The summed E-state index contributed by atoms with van der Waals surface area (Å²) in [6.45, 7) is 3.57. The van der Waals surface area contributed by atoms with Crippen molar-refractivity contribution in [2.75, 3.05) is 11.1 Å². The largest absolute Gasteiger partial charge is 0.382 e. The molecule has 0 fully saturated rings. The molecule has 3 aromatic heterocycles. The molecule has 0 aliphatic carbocycles. The smallest absolute Gasteiger partial charge is 0.150 e. The Morgan fingerprint density at radius 2 is 2.03 bits per heavy atom. The Hall–Kier alpha value is -4.06. The van der Waals surface area contributed by atoms with Crippen LogP contribution in [0.2, 0.25) is 0 Å². The molecule has 4 aromatic rings. The fraction of sp³-hybridized carbons (Fsp3) is 0.150. The number of rotatable bonds is 4. The second-order valence-electron chi connectivity index (χ2n) is 6.49. The molecule has 0 unspecified atom stereocenters. The minimum atomic E-state index is -0.395. The molecule has 0 radical (unpaired) electrons. The number of fused-ring (bicyclic) bond motifs is 1. The number of hydrogen-bond acceptors (Lipinski definition) is 7. The summed E-state index contributed by atoms with van der Waals surface area (Å²) >= 11 is 0. The van der Waals surface area contributed by atoms with Gasteiger partial charge < -0.3 is 11.1 Å². The van der Waals surface area contributed by atoms with Gasteiger partial charge in [0.2, 0.25) is 0 Å². The summed E-state index contributed by atoms with van der Waals surface area (Å²) in [4.78, 5) is 17.1. The summed E-state index contributed by atoms with van der Waals surface area (Å²) < 4.78 is 16.1. The lowest BCUT2D eigenvalue weighted by molar-refractivity contribution is 0.620. The number of aromatic nitrogens is 5. The number of aryl methyl sites for hydroxylation is 1. The number of benzene rings is 1. The normalized spacial score (nSPS) is 11.9. The second kappa shape index (κ2) is 7.16. The first kappa shape index (κ1) is 18.3. The van der Waals surface area contributed by atoms with E-state index in [1.54, 1.807) is 25.3 Å². The number of imidazole rings is 1. The van der Waals surface area contributed by atoms with Gasteiger partial charge in [0, 0.05) is 11.8 Å². The molecule has 0 bridgehead atoms. The molecule has 0 aliphatic heterocycles. The van der Waals surface area contributed by atoms with Crippen LogP contribution in [0.3, 0.4) is 0 Å². The Morgan fingerprint density at radius 1 is 1.21 bits per heavy atom. The highest BCUT2D eigenvalue weighted by atomic mass is 19.1. The zero-order valence-electron chi connectivity index (χ0n) is 15.8. The van der Waals surface area contributed by atoms with Gasteiger partial charge in [-0.05, 0) is 38.1 Å². The first-order valence-corrected chi connectivity index (χ1v) is 8.87. The number of nitrogen functional groups attached to an aromatic ring is 1. The van der Waals surface area contributed by atoms with Crippen LogP contribution in [0, 0.1) is 24.1 Å². The van der Waals surface area contributed by atoms with Crippen molar-refractivity contribution in [2.45, 2.75) is 19.9 Å². The molecule has 9 heteroatoms. The SMILES string of the molecule is Cc1c(F)ccc2nc([C@H](C)Nc3ncnc(N)c3C#N)n(-c3ccccn3)c12. The van der Waals surface area contributed by atoms with E-state index >= 15 is 0 Å². The minimum Gasteiger partial charge on any atom is -0.382 e. The van der Waals surface area contributed by atoms with Crippen LogP contribution in [0.1, 0.15) is 29.9 Å². The van der Waals surface area contributed by atoms with E-state index in [0.717, 1.165) is 0 Å². The number of hydrogen-bond donors (Lipinski definition) is 2. The first-order valence-electron chi connectivity index (χ1n) is 8.87. The van der Waals surface area contributed by atoms with Crippen molar-refractivity contribution in [3.05, 3.63) is 65.6 Å². The van der Waals surface area contributed by atoms with E-state index in [4.69, 9.17) is 10.7 Å². The highest BCUT2D eigenvalue weighted by Crippen LogP contribution is 2.30. The van der Waals surface area contributed by atoms with Crippen LogP contribution in [0.4, 0.5) is 16.0 Å². The van der Waals surface area contributed by atoms with Crippen LogP contribution in [0.5, 0.6) is 0 Å². The van der Waals surface area contributed by atoms with Gasteiger partial charge in [-0.2, -0.15) is 5.26 Å². The van der Waals surface area contributed by atoms with Crippen LogP contribution in [0.25, 0.3) is 16.9 Å². The van der Waals surface area contributed by atoms with Gasteiger partial charge in [0.05, 0.1) is 17.1 Å². The van der Waals surface area contributed by atoms with Gasteiger partial charge in [-0.25, -0.2) is 24.3 Å². The summed E-state index contributed by atoms with van der Waals surface area (Å²) in [6, 6.07) is 10.1. The fourth-order valence-corrected chi connectivity index (χ4v) is 3.22. The third-order valence-electron chi connectivity index (χ3n) is 4.64. The van der Waals surface area contributed by atoms with Gasteiger partial charge in [0.1, 0.15) is 47.1 Å². The van der Waals surface area contributed by atoms with Gasteiger partial charge in [0.25, 0.3) is 0 Å². The average molecular weight is 388 g/mol. The van der Waals surface area contributed by atoms with Crippen molar-refractivity contribution in [3.63, 3.8) is 0 Å². The predicted octanol–water partition coefficient (Wildman–Crippen LogP) is 3.29. The number of halogens is 1. The van der Waals surface area contributed by atoms with Crippen LogP contribution in [0.15, 0.2) is 42.9 Å². The van der Waals surface area contributed by atoms with Crippen molar-refractivity contribution in [1.29, 1.82) is 5.26 Å². The van der Waals surface area contributed by atoms with Gasteiger partial charge >= 0.3 is 0 Å². The molecule has 0 spiro atoms. The van der Waals surface area contributed by atoms with Crippen molar-refractivity contribution >= 4 is 22.7 Å². The highest BCUT2D eigenvalue weighted by molar-refractivity contribution is 5.82. The van der Waals surface area contributed by atoms with E-state index in [2.05, 4.69) is 20.3 Å². The van der Waals surface area contributed by atoms with Crippen molar-refractivity contribution in [3.8, 4) is 11.9 Å². The Morgan fingerprint density at radius 3 is 2.76 bits per heavy atom. The maximum atomic E-state index is 14.3. The molecule has 4 rings (SSSR count). The number of pyridine rings is 1. The number of anilines is 2. The Labute approximate surface area is 165 Å². The monoisotopic (exact) mass is 388 g/mol. The van der Waals surface area contributed by atoms with Crippen molar-refractivity contribution in [2.24, 2.45) is 0 Å². The summed E-state index contributed by atoms with van der Waals surface area (Å²) in [5.74, 6) is 1.27. The Bertz CT molecular complexity index is 1240. The topological polar surface area (TPSA) is 118 Å².